The van der Waals surface area contributed by atoms with Crippen molar-refractivity contribution in [1.82, 2.24) is 0 Å². The fourth-order valence-corrected chi connectivity index (χ4v) is 4.45. The van der Waals surface area contributed by atoms with Crippen molar-refractivity contribution in [3.63, 3.8) is 0 Å². The van der Waals surface area contributed by atoms with Crippen molar-refractivity contribution < 1.29 is 0 Å². The first-order valence-corrected chi connectivity index (χ1v) is 14.3. The van der Waals surface area contributed by atoms with Gasteiger partial charge < -0.3 is 0 Å². The highest BCUT2D eigenvalue weighted by Gasteiger charge is 2.08. The molecule has 0 aromatic rings. The van der Waals surface area contributed by atoms with Crippen molar-refractivity contribution in [2.24, 2.45) is 5.92 Å². The summed E-state index contributed by atoms with van der Waals surface area (Å²) in [6.45, 7) is 4.61. The molecule has 0 aliphatic carbocycles. The molecule has 1 heteroatoms. The van der Waals surface area contributed by atoms with Crippen molar-refractivity contribution in [1.29, 1.82) is 0 Å². The quantitative estimate of drug-likeness (QED) is 0.0793. The summed E-state index contributed by atoms with van der Waals surface area (Å²) in [7, 11) is 0. The molecule has 0 heterocycles. The topological polar surface area (TPSA) is 0 Å². The molecule has 0 spiro atoms. The fourth-order valence-electron chi connectivity index (χ4n) is 4.05. The molecule has 1 atom stereocenters. The Bertz CT molecular complexity index is 344. The third kappa shape index (κ3) is 24.1. The molecule has 29 heavy (non-hydrogen) atoms. The monoisotopic (exact) mass is 468 g/mol. The summed E-state index contributed by atoms with van der Waals surface area (Å²) < 4.78 is 0. The number of unbranched alkanes of at least 4 members (excludes halogenated alkanes) is 12. The molecule has 0 aromatic carbocycles. The number of alkyl halides is 1. The van der Waals surface area contributed by atoms with Crippen molar-refractivity contribution >= 4 is 15.9 Å². The zero-order chi connectivity index (χ0) is 21.3. The summed E-state index contributed by atoms with van der Waals surface area (Å²) in [6, 6.07) is 0. The lowest BCUT2D eigenvalue weighted by atomic mass is 9.90. The molecule has 0 radical (unpaired) electrons. The fraction of sp³-hybridized carbons (Fsp3) is 0.857. The second-order valence-corrected chi connectivity index (χ2v) is 9.71. The molecular formula is C28H53Br. The minimum Gasteiger partial charge on any atom is -0.0928 e. The van der Waals surface area contributed by atoms with Gasteiger partial charge >= 0.3 is 0 Å². The average molecular weight is 470 g/mol. The highest BCUT2D eigenvalue weighted by atomic mass is 79.9. The van der Waals surface area contributed by atoms with Crippen LogP contribution in [0, 0.1) is 5.92 Å². The first-order valence-electron chi connectivity index (χ1n) is 13.2. The van der Waals surface area contributed by atoms with Gasteiger partial charge in [-0.15, -0.1) is 0 Å². The summed E-state index contributed by atoms with van der Waals surface area (Å²) in [6.07, 6.45) is 37.2. The molecule has 0 aliphatic heterocycles. The van der Waals surface area contributed by atoms with Crippen LogP contribution in [-0.2, 0) is 0 Å². The maximum absolute atomic E-state index is 3.56. The number of hydrogen-bond acceptors (Lipinski definition) is 0. The van der Waals surface area contributed by atoms with E-state index in [9.17, 15) is 0 Å². The highest BCUT2D eigenvalue weighted by molar-refractivity contribution is 9.09. The molecule has 172 valence electrons. The van der Waals surface area contributed by atoms with Gasteiger partial charge in [0.2, 0.25) is 0 Å². The van der Waals surface area contributed by atoms with Gasteiger partial charge in [-0.05, 0) is 44.4 Å². The molecule has 0 aromatic heterocycles. The number of rotatable bonds is 23. The van der Waals surface area contributed by atoms with E-state index in [0.717, 1.165) is 12.3 Å². The van der Waals surface area contributed by atoms with E-state index < -0.39 is 0 Å². The highest BCUT2D eigenvalue weighted by Crippen LogP contribution is 2.23. The van der Waals surface area contributed by atoms with Crippen LogP contribution < -0.4 is 0 Å². The Kier molecular flexibility index (Phi) is 26.0. The maximum Gasteiger partial charge on any atom is 0.00313 e. The molecule has 0 saturated carbocycles. The molecular weight excluding hydrogens is 416 g/mol. The van der Waals surface area contributed by atoms with Gasteiger partial charge in [-0.3, -0.25) is 0 Å². The molecule has 0 aliphatic rings. The summed E-state index contributed by atoms with van der Waals surface area (Å²) in [5.41, 5.74) is 0. The smallest absolute Gasteiger partial charge is 0.00313 e. The van der Waals surface area contributed by atoms with E-state index in [4.69, 9.17) is 0 Å². The van der Waals surface area contributed by atoms with Gasteiger partial charge in [0.05, 0.1) is 0 Å². The summed E-state index contributed by atoms with van der Waals surface area (Å²) >= 11 is 3.56. The van der Waals surface area contributed by atoms with Crippen LogP contribution >= 0.6 is 15.9 Å². The van der Waals surface area contributed by atoms with Gasteiger partial charge in [0.15, 0.2) is 0 Å². The summed E-state index contributed by atoms with van der Waals surface area (Å²) in [5, 5.41) is 1.18. The van der Waals surface area contributed by atoms with Gasteiger partial charge in [-0.2, -0.15) is 0 Å². The number of hydrogen-bond donors (Lipinski definition) is 0. The number of halogens is 1. The second-order valence-electron chi connectivity index (χ2n) is 8.92. The van der Waals surface area contributed by atoms with Gasteiger partial charge in [-0.1, -0.05) is 144 Å². The van der Waals surface area contributed by atoms with E-state index in [0.29, 0.717) is 0 Å². The lowest BCUT2D eigenvalue weighted by Crippen LogP contribution is -2.01. The van der Waals surface area contributed by atoms with E-state index in [-0.39, 0.29) is 0 Å². The molecule has 0 amide bonds. The lowest BCUT2D eigenvalue weighted by Gasteiger charge is -2.16. The van der Waals surface area contributed by atoms with Gasteiger partial charge in [-0.25, -0.2) is 0 Å². The van der Waals surface area contributed by atoms with E-state index in [1.54, 1.807) is 0 Å². The van der Waals surface area contributed by atoms with E-state index in [2.05, 4.69) is 54.1 Å². The zero-order valence-corrected chi connectivity index (χ0v) is 21.7. The van der Waals surface area contributed by atoms with Crippen LogP contribution in [0.3, 0.4) is 0 Å². The van der Waals surface area contributed by atoms with E-state index in [1.165, 1.54) is 127 Å². The van der Waals surface area contributed by atoms with Crippen LogP contribution in [0.2, 0.25) is 0 Å². The molecule has 0 nitrogen and oxygen atoms in total. The molecule has 0 saturated heterocycles. The average Bonchev–Trinajstić information content (AvgIpc) is 2.74. The molecule has 0 fully saturated rings. The van der Waals surface area contributed by atoms with E-state index >= 15 is 0 Å². The summed E-state index contributed by atoms with van der Waals surface area (Å²) in [5.74, 6) is 1.01. The van der Waals surface area contributed by atoms with Crippen LogP contribution in [-0.4, -0.2) is 5.33 Å². The molecule has 1 unspecified atom stereocenters. The minimum atomic E-state index is 1.01. The van der Waals surface area contributed by atoms with Crippen molar-refractivity contribution in [2.45, 2.75) is 142 Å². The molecule has 0 N–H and O–H groups in total. The summed E-state index contributed by atoms with van der Waals surface area (Å²) in [4.78, 5) is 0. The molecule has 0 bridgehead atoms. The SMILES string of the molecule is CCCCC/C=C\C/C=C\CCCCCCCCC(CCCC)CCCCCBr. The lowest BCUT2D eigenvalue weighted by molar-refractivity contribution is 0.373. The van der Waals surface area contributed by atoms with Crippen LogP contribution in [0.25, 0.3) is 0 Å². The Balaban J connectivity index is 3.49. The van der Waals surface area contributed by atoms with Crippen molar-refractivity contribution in [3.05, 3.63) is 24.3 Å². The van der Waals surface area contributed by atoms with Gasteiger partial charge in [0.25, 0.3) is 0 Å². The predicted molar refractivity (Wildman–Crippen MR) is 139 cm³/mol. The van der Waals surface area contributed by atoms with Crippen LogP contribution in [0.15, 0.2) is 24.3 Å². The van der Waals surface area contributed by atoms with Crippen LogP contribution in [0.4, 0.5) is 0 Å². The Morgan fingerprint density at radius 1 is 0.517 bits per heavy atom. The minimum absolute atomic E-state index is 1.01. The maximum atomic E-state index is 3.56. The second kappa shape index (κ2) is 26.0. The number of allylic oxidation sites excluding steroid dienone is 4. The van der Waals surface area contributed by atoms with Crippen molar-refractivity contribution in [2.75, 3.05) is 5.33 Å². The standard InChI is InChI=1S/C28H53Br/c1-3-5-7-8-9-10-11-12-13-14-15-16-17-18-19-21-25-28(24-6-4-2)26-22-20-23-27-29/h9-10,12-13,28H,3-8,11,14-27H2,1-2H3/b10-9-,13-12-. The Morgan fingerprint density at radius 3 is 1.59 bits per heavy atom. The van der Waals surface area contributed by atoms with Crippen LogP contribution in [0.5, 0.6) is 0 Å². The first-order chi connectivity index (χ1) is 14.3. The Morgan fingerprint density at radius 2 is 1.00 bits per heavy atom. The first kappa shape index (κ1) is 29.0. The van der Waals surface area contributed by atoms with E-state index in [1.807, 2.05) is 0 Å². The van der Waals surface area contributed by atoms with Crippen molar-refractivity contribution in [3.8, 4) is 0 Å². The Labute approximate surface area is 193 Å². The predicted octanol–water partition coefficient (Wildman–Crippen LogP) is 11.0. The third-order valence-electron chi connectivity index (χ3n) is 6.02. The normalized spacial score (nSPS) is 13.1. The Hall–Kier alpha value is -0.0400. The molecule has 0 rings (SSSR count). The third-order valence-corrected chi connectivity index (χ3v) is 6.59. The van der Waals surface area contributed by atoms with Gasteiger partial charge in [0.1, 0.15) is 0 Å². The van der Waals surface area contributed by atoms with Gasteiger partial charge in [0, 0.05) is 5.33 Å². The van der Waals surface area contributed by atoms with Crippen LogP contribution in [0.1, 0.15) is 142 Å². The largest absolute Gasteiger partial charge is 0.0928 e. The zero-order valence-electron chi connectivity index (χ0n) is 20.1.